The molecule has 4 aromatic rings. The average molecular weight is 425 g/mol. The first kappa shape index (κ1) is 19.9. The first-order chi connectivity index (χ1) is 15.7. The highest BCUT2D eigenvalue weighted by molar-refractivity contribution is 6.07. The molecule has 0 atom stereocenters. The van der Waals surface area contributed by atoms with E-state index >= 15 is 0 Å². The number of rotatable bonds is 4. The van der Waals surface area contributed by atoms with Crippen molar-refractivity contribution in [2.75, 3.05) is 36.4 Å². The number of pyridine rings is 1. The van der Waals surface area contributed by atoms with Crippen LogP contribution >= 0.6 is 0 Å². The number of fused-ring (bicyclic) bond motifs is 1. The summed E-state index contributed by atoms with van der Waals surface area (Å²) in [6.07, 6.45) is 1.74. The summed E-state index contributed by atoms with van der Waals surface area (Å²) in [5.74, 6) is 3.07. The highest BCUT2D eigenvalue weighted by Gasteiger charge is 2.24. The quantitative estimate of drug-likeness (QED) is 0.533. The Hall–Kier alpha value is -4.00. The monoisotopic (exact) mass is 424 g/mol. The van der Waals surface area contributed by atoms with Crippen LogP contribution in [0.5, 0.6) is 0 Å². The van der Waals surface area contributed by atoms with Crippen LogP contribution in [0.1, 0.15) is 16.2 Å². The van der Waals surface area contributed by atoms with Gasteiger partial charge in [0.2, 0.25) is 0 Å². The Labute approximate surface area is 186 Å². The number of nitrogens with zero attached hydrogens (tertiary/aromatic N) is 5. The molecule has 1 aliphatic rings. The molecule has 3 heterocycles. The lowest BCUT2D eigenvalue weighted by atomic mass is 10.0. The SMILES string of the molecule is Cc1nc(Nc2ccccn2)cc(N2CCN(C(=O)c3cccc4ccccc34)CC2)n1. The van der Waals surface area contributed by atoms with Crippen LogP contribution in [0.25, 0.3) is 10.8 Å². The number of benzene rings is 2. The third-order valence-electron chi connectivity index (χ3n) is 5.66. The maximum Gasteiger partial charge on any atom is 0.254 e. The Morgan fingerprint density at radius 1 is 0.875 bits per heavy atom. The fourth-order valence-electron chi connectivity index (χ4n) is 4.07. The summed E-state index contributed by atoms with van der Waals surface area (Å²) in [4.78, 5) is 30.8. The molecule has 0 saturated carbocycles. The predicted octanol–water partition coefficient (Wildman–Crippen LogP) is 4.04. The summed E-state index contributed by atoms with van der Waals surface area (Å²) in [5.41, 5.74) is 0.760. The van der Waals surface area contributed by atoms with Gasteiger partial charge in [0.25, 0.3) is 5.91 Å². The van der Waals surface area contributed by atoms with Crippen molar-refractivity contribution in [1.29, 1.82) is 0 Å². The molecule has 0 unspecified atom stereocenters. The summed E-state index contributed by atoms with van der Waals surface area (Å²) in [6.45, 7) is 4.61. The molecule has 0 bridgehead atoms. The first-order valence-corrected chi connectivity index (χ1v) is 10.7. The Bertz CT molecular complexity index is 1250. The van der Waals surface area contributed by atoms with Gasteiger partial charge < -0.3 is 15.1 Å². The van der Waals surface area contributed by atoms with Gasteiger partial charge in [-0.2, -0.15) is 0 Å². The highest BCUT2D eigenvalue weighted by atomic mass is 16.2. The fourth-order valence-corrected chi connectivity index (χ4v) is 4.07. The topological polar surface area (TPSA) is 74.2 Å². The molecular weight excluding hydrogens is 400 g/mol. The van der Waals surface area contributed by atoms with Gasteiger partial charge in [0, 0.05) is 44.0 Å². The molecule has 1 saturated heterocycles. The van der Waals surface area contributed by atoms with Gasteiger partial charge >= 0.3 is 0 Å². The molecule has 7 heteroatoms. The van der Waals surface area contributed by atoms with Gasteiger partial charge in [-0.3, -0.25) is 4.79 Å². The van der Waals surface area contributed by atoms with Crippen molar-refractivity contribution in [3.05, 3.63) is 84.3 Å². The molecule has 1 N–H and O–H groups in total. The van der Waals surface area contributed by atoms with Gasteiger partial charge in [-0.05, 0) is 35.9 Å². The zero-order valence-electron chi connectivity index (χ0n) is 17.9. The zero-order valence-corrected chi connectivity index (χ0v) is 17.9. The van der Waals surface area contributed by atoms with Crippen molar-refractivity contribution in [3.8, 4) is 0 Å². The molecule has 0 aliphatic carbocycles. The van der Waals surface area contributed by atoms with Crippen LogP contribution in [0.2, 0.25) is 0 Å². The standard InChI is InChI=1S/C25H24N6O/c1-18-27-23(29-22-11-4-5-12-26-22)17-24(28-18)30-13-15-31(16-14-30)25(32)21-10-6-8-19-7-2-3-9-20(19)21/h2-12,17H,13-16H2,1H3,(H,26,27,28,29). The number of aryl methyl sites for hydroxylation is 1. The number of piperazine rings is 1. The van der Waals surface area contributed by atoms with Gasteiger partial charge in [-0.1, -0.05) is 42.5 Å². The van der Waals surface area contributed by atoms with Crippen LogP contribution < -0.4 is 10.2 Å². The van der Waals surface area contributed by atoms with E-state index in [1.165, 1.54) is 0 Å². The minimum atomic E-state index is 0.0813. The zero-order chi connectivity index (χ0) is 21.9. The van der Waals surface area contributed by atoms with E-state index in [1.807, 2.05) is 78.6 Å². The van der Waals surface area contributed by atoms with E-state index in [9.17, 15) is 4.79 Å². The Balaban J connectivity index is 1.30. The summed E-state index contributed by atoms with van der Waals surface area (Å²) in [5, 5.41) is 5.32. The average Bonchev–Trinajstić information content (AvgIpc) is 2.83. The van der Waals surface area contributed by atoms with E-state index in [0.29, 0.717) is 24.7 Å². The minimum absolute atomic E-state index is 0.0813. The van der Waals surface area contributed by atoms with E-state index in [4.69, 9.17) is 0 Å². The van der Waals surface area contributed by atoms with Crippen LogP contribution in [0.4, 0.5) is 17.5 Å². The van der Waals surface area contributed by atoms with Crippen molar-refractivity contribution in [2.45, 2.75) is 6.92 Å². The van der Waals surface area contributed by atoms with Gasteiger partial charge in [-0.15, -0.1) is 0 Å². The Morgan fingerprint density at radius 2 is 1.66 bits per heavy atom. The van der Waals surface area contributed by atoms with E-state index in [2.05, 4.69) is 25.2 Å². The van der Waals surface area contributed by atoms with Gasteiger partial charge in [-0.25, -0.2) is 15.0 Å². The molecule has 2 aromatic carbocycles. The number of hydrogen-bond acceptors (Lipinski definition) is 6. The van der Waals surface area contributed by atoms with Crippen molar-refractivity contribution in [3.63, 3.8) is 0 Å². The third-order valence-corrected chi connectivity index (χ3v) is 5.66. The first-order valence-electron chi connectivity index (χ1n) is 10.7. The van der Waals surface area contributed by atoms with Crippen molar-refractivity contribution in [1.82, 2.24) is 19.9 Å². The number of hydrogen-bond donors (Lipinski definition) is 1. The summed E-state index contributed by atoms with van der Waals surface area (Å²) in [6, 6.07) is 21.6. The number of aromatic nitrogens is 3. The number of carbonyl (C=O) groups is 1. The number of amides is 1. The lowest BCUT2D eigenvalue weighted by molar-refractivity contribution is 0.0748. The number of anilines is 3. The molecule has 1 aliphatic heterocycles. The fraction of sp³-hybridized carbons (Fsp3) is 0.200. The second kappa shape index (κ2) is 8.63. The third kappa shape index (κ3) is 4.09. The van der Waals surface area contributed by atoms with Crippen LogP contribution in [0, 0.1) is 6.92 Å². The van der Waals surface area contributed by atoms with Gasteiger partial charge in [0.1, 0.15) is 23.3 Å². The maximum atomic E-state index is 13.2. The Morgan fingerprint density at radius 3 is 2.47 bits per heavy atom. The molecule has 0 radical (unpaired) electrons. The molecular formula is C25H24N6O. The highest BCUT2D eigenvalue weighted by Crippen LogP contribution is 2.23. The van der Waals surface area contributed by atoms with E-state index in [-0.39, 0.29) is 5.91 Å². The summed E-state index contributed by atoms with van der Waals surface area (Å²) < 4.78 is 0. The summed E-state index contributed by atoms with van der Waals surface area (Å²) >= 11 is 0. The normalized spacial score (nSPS) is 13.9. The molecule has 1 fully saturated rings. The smallest absolute Gasteiger partial charge is 0.254 e. The predicted molar refractivity (Wildman–Crippen MR) is 126 cm³/mol. The molecule has 0 spiro atoms. The largest absolute Gasteiger partial charge is 0.353 e. The summed E-state index contributed by atoms with van der Waals surface area (Å²) in [7, 11) is 0. The number of nitrogens with one attached hydrogen (secondary N) is 1. The maximum absolute atomic E-state index is 13.2. The second-order valence-electron chi connectivity index (χ2n) is 7.80. The van der Waals surface area contributed by atoms with Crippen LogP contribution in [0.15, 0.2) is 72.9 Å². The molecule has 2 aromatic heterocycles. The van der Waals surface area contributed by atoms with Crippen LogP contribution in [-0.2, 0) is 0 Å². The van der Waals surface area contributed by atoms with Crippen molar-refractivity contribution >= 4 is 34.1 Å². The lowest BCUT2D eigenvalue weighted by Crippen LogP contribution is -2.49. The van der Waals surface area contributed by atoms with Gasteiger partial charge in [0.05, 0.1) is 0 Å². The van der Waals surface area contributed by atoms with Gasteiger partial charge in [0.15, 0.2) is 0 Å². The molecule has 5 rings (SSSR count). The second-order valence-corrected chi connectivity index (χ2v) is 7.80. The Kier molecular flexibility index (Phi) is 5.37. The van der Waals surface area contributed by atoms with Crippen molar-refractivity contribution < 1.29 is 4.79 Å². The van der Waals surface area contributed by atoms with E-state index in [1.54, 1.807) is 6.20 Å². The molecule has 32 heavy (non-hydrogen) atoms. The number of carbonyl (C=O) groups excluding carboxylic acids is 1. The van der Waals surface area contributed by atoms with Crippen molar-refractivity contribution in [2.24, 2.45) is 0 Å². The van der Waals surface area contributed by atoms with Crippen LogP contribution in [-0.4, -0.2) is 51.9 Å². The lowest BCUT2D eigenvalue weighted by Gasteiger charge is -2.35. The minimum Gasteiger partial charge on any atom is -0.353 e. The van der Waals surface area contributed by atoms with E-state index < -0.39 is 0 Å². The molecule has 1 amide bonds. The van der Waals surface area contributed by atoms with Crippen LogP contribution in [0.3, 0.4) is 0 Å². The molecule has 160 valence electrons. The molecule has 7 nitrogen and oxygen atoms in total. The van der Waals surface area contributed by atoms with E-state index in [0.717, 1.165) is 41.1 Å².